The third-order valence-electron chi connectivity index (χ3n) is 5.83. The number of carbonyl (C=O) groups is 1. The first-order chi connectivity index (χ1) is 14.2. The van der Waals surface area contributed by atoms with E-state index in [2.05, 4.69) is 29.2 Å². The third kappa shape index (κ3) is 3.73. The summed E-state index contributed by atoms with van der Waals surface area (Å²) in [6.45, 7) is 1.59. The average molecular weight is 425 g/mol. The number of fused-ring (bicyclic) bond motifs is 3. The molecule has 5 rings (SSSR count). The van der Waals surface area contributed by atoms with Crippen molar-refractivity contribution in [3.8, 4) is 0 Å². The Labute approximate surface area is 178 Å². The fraction of sp³-hybridized carbons (Fsp3) is 0.409. The number of aryl methyl sites for hydroxylation is 2. The molecule has 0 bridgehead atoms. The molecule has 1 atom stereocenters. The summed E-state index contributed by atoms with van der Waals surface area (Å²) in [5.41, 5.74) is 7.07. The number of hydrogen-bond donors (Lipinski definition) is 1. The summed E-state index contributed by atoms with van der Waals surface area (Å²) >= 11 is 3.59. The lowest BCUT2D eigenvalue weighted by Crippen LogP contribution is -2.41. The van der Waals surface area contributed by atoms with Crippen molar-refractivity contribution in [1.82, 2.24) is 9.97 Å². The lowest BCUT2D eigenvalue weighted by molar-refractivity contribution is -0.122. The molecule has 0 radical (unpaired) electrons. The Morgan fingerprint density at radius 2 is 2.07 bits per heavy atom. The van der Waals surface area contributed by atoms with Gasteiger partial charge in [0.1, 0.15) is 16.5 Å². The summed E-state index contributed by atoms with van der Waals surface area (Å²) in [6.07, 6.45) is 5.31. The summed E-state index contributed by atoms with van der Waals surface area (Å²) in [7, 11) is 0. The van der Waals surface area contributed by atoms with Gasteiger partial charge in [0.15, 0.2) is 0 Å². The fourth-order valence-corrected chi connectivity index (χ4v) is 6.43. The quantitative estimate of drug-likeness (QED) is 0.622. The van der Waals surface area contributed by atoms with Gasteiger partial charge in [-0.1, -0.05) is 18.2 Å². The van der Waals surface area contributed by atoms with Gasteiger partial charge >= 0.3 is 0 Å². The Kier molecular flexibility index (Phi) is 5.18. The first kappa shape index (κ1) is 18.9. The molecular weight excluding hydrogens is 400 g/mol. The van der Waals surface area contributed by atoms with E-state index in [0.29, 0.717) is 6.54 Å². The summed E-state index contributed by atoms with van der Waals surface area (Å²) in [4.78, 5) is 27.9. The number of carbonyl (C=O) groups excluding carboxylic acids is 1. The van der Waals surface area contributed by atoms with Crippen LogP contribution in [0.2, 0.25) is 0 Å². The Hall–Kier alpha value is -2.12. The lowest BCUT2D eigenvalue weighted by Gasteiger charge is -2.32. The second-order valence-electron chi connectivity index (χ2n) is 7.79. The Morgan fingerprint density at radius 3 is 2.90 bits per heavy atom. The number of nitrogens with two attached hydrogens (primary N) is 1. The first-order valence-corrected chi connectivity index (χ1v) is 12.0. The van der Waals surface area contributed by atoms with Crippen LogP contribution in [-0.2, 0) is 23.4 Å². The van der Waals surface area contributed by atoms with Crippen molar-refractivity contribution in [2.75, 3.05) is 18.0 Å². The minimum atomic E-state index is -0.199. The number of thioether (sulfide) groups is 1. The molecule has 1 saturated heterocycles. The van der Waals surface area contributed by atoms with Crippen molar-refractivity contribution in [1.29, 1.82) is 0 Å². The van der Waals surface area contributed by atoms with Gasteiger partial charge in [0.05, 0.1) is 17.1 Å². The van der Waals surface area contributed by atoms with Crippen LogP contribution in [0, 0.1) is 5.92 Å². The van der Waals surface area contributed by atoms with Crippen LogP contribution in [0.4, 0.5) is 5.82 Å². The van der Waals surface area contributed by atoms with Gasteiger partial charge in [-0.05, 0) is 49.8 Å². The maximum absolute atomic E-state index is 11.8. The lowest BCUT2D eigenvalue weighted by atomic mass is 9.97. The van der Waals surface area contributed by atoms with E-state index in [1.54, 1.807) is 11.8 Å². The standard InChI is InChI=1S/C22H24N4OS2/c23-20(27)14-6-5-11-26(12-14)21-19-16-9-4-10-17(16)29-22(19)25-18(24-21)13-28-15-7-2-1-3-8-15/h1-3,7-8,14H,4-6,9-13H2,(H2,23,27). The average Bonchev–Trinajstić information content (AvgIpc) is 3.33. The monoisotopic (exact) mass is 424 g/mol. The summed E-state index contributed by atoms with van der Waals surface area (Å²) in [5, 5.41) is 1.22. The molecule has 7 heteroatoms. The van der Waals surface area contributed by atoms with E-state index in [-0.39, 0.29) is 11.8 Å². The van der Waals surface area contributed by atoms with Gasteiger partial charge in [-0.25, -0.2) is 9.97 Å². The number of hydrogen-bond acceptors (Lipinski definition) is 6. The molecule has 1 aromatic carbocycles. The third-order valence-corrected chi connectivity index (χ3v) is 8.02. The second-order valence-corrected chi connectivity index (χ2v) is 9.92. The number of thiophene rings is 1. The number of rotatable bonds is 5. The van der Waals surface area contributed by atoms with E-state index in [4.69, 9.17) is 15.7 Å². The van der Waals surface area contributed by atoms with Gasteiger partial charge in [-0.2, -0.15) is 0 Å². The predicted octanol–water partition coefficient (Wildman–Crippen LogP) is 4.17. The summed E-state index contributed by atoms with van der Waals surface area (Å²) in [6, 6.07) is 10.4. The van der Waals surface area contributed by atoms with Gasteiger partial charge < -0.3 is 10.6 Å². The van der Waals surface area contributed by atoms with E-state index in [9.17, 15) is 4.79 Å². The molecule has 1 fully saturated rings. The molecule has 1 aliphatic heterocycles. The zero-order chi connectivity index (χ0) is 19.8. The number of anilines is 1. The number of nitrogens with zero attached hydrogens (tertiary/aromatic N) is 3. The zero-order valence-corrected chi connectivity index (χ0v) is 17.9. The largest absolute Gasteiger partial charge is 0.369 e. The van der Waals surface area contributed by atoms with E-state index >= 15 is 0 Å². The summed E-state index contributed by atoms with van der Waals surface area (Å²) in [5.74, 6) is 2.33. The van der Waals surface area contributed by atoms with E-state index < -0.39 is 0 Å². The smallest absolute Gasteiger partial charge is 0.222 e. The highest BCUT2D eigenvalue weighted by Crippen LogP contribution is 2.41. The SMILES string of the molecule is NC(=O)C1CCCN(c2nc(CSc3ccccc3)nc3sc4c(c23)CCC4)C1. The zero-order valence-electron chi connectivity index (χ0n) is 16.3. The van der Waals surface area contributed by atoms with E-state index in [0.717, 1.165) is 54.5 Å². The Balaban J connectivity index is 1.52. The maximum Gasteiger partial charge on any atom is 0.222 e. The van der Waals surface area contributed by atoms with Crippen LogP contribution in [0.25, 0.3) is 10.2 Å². The highest BCUT2D eigenvalue weighted by Gasteiger charge is 2.29. The molecule has 3 heterocycles. The molecular formula is C22H24N4OS2. The maximum atomic E-state index is 11.8. The van der Waals surface area contributed by atoms with Crippen LogP contribution < -0.4 is 10.6 Å². The predicted molar refractivity (Wildman–Crippen MR) is 120 cm³/mol. The van der Waals surface area contributed by atoms with Crippen LogP contribution >= 0.6 is 23.1 Å². The number of primary amides is 1. The highest BCUT2D eigenvalue weighted by atomic mass is 32.2. The van der Waals surface area contributed by atoms with Crippen LogP contribution in [0.5, 0.6) is 0 Å². The topological polar surface area (TPSA) is 72.1 Å². The van der Waals surface area contributed by atoms with E-state index in [1.807, 2.05) is 17.4 Å². The molecule has 1 unspecified atom stereocenters. The van der Waals surface area contributed by atoms with Crippen molar-refractivity contribution in [2.45, 2.75) is 42.8 Å². The molecule has 2 aliphatic rings. The minimum Gasteiger partial charge on any atom is -0.369 e. The van der Waals surface area contributed by atoms with E-state index in [1.165, 1.54) is 27.1 Å². The Morgan fingerprint density at radius 1 is 1.21 bits per heavy atom. The number of amides is 1. The molecule has 1 aliphatic carbocycles. The molecule has 1 amide bonds. The second kappa shape index (κ2) is 7.95. The highest BCUT2D eigenvalue weighted by molar-refractivity contribution is 7.98. The summed E-state index contributed by atoms with van der Waals surface area (Å²) < 4.78 is 0. The fourth-order valence-electron chi connectivity index (χ4n) is 4.38. The van der Waals surface area contributed by atoms with Crippen molar-refractivity contribution in [3.05, 3.63) is 46.6 Å². The number of benzene rings is 1. The molecule has 0 spiro atoms. The van der Waals surface area contributed by atoms with Gasteiger partial charge in [-0.15, -0.1) is 23.1 Å². The van der Waals surface area contributed by atoms with Crippen molar-refractivity contribution < 1.29 is 4.79 Å². The molecule has 0 saturated carbocycles. The van der Waals surface area contributed by atoms with Crippen LogP contribution in [0.15, 0.2) is 35.2 Å². The molecule has 2 N–H and O–H groups in total. The van der Waals surface area contributed by atoms with Crippen molar-refractivity contribution >= 4 is 45.0 Å². The molecule has 150 valence electrons. The van der Waals surface area contributed by atoms with Crippen LogP contribution in [0.1, 0.15) is 35.5 Å². The van der Waals surface area contributed by atoms with Crippen molar-refractivity contribution in [3.63, 3.8) is 0 Å². The van der Waals surface area contributed by atoms with Crippen molar-refractivity contribution in [2.24, 2.45) is 11.7 Å². The first-order valence-electron chi connectivity index (χ1n) is 10.2. The van der Waals surface area contributed by atoms with Gasteiger partial charge in [0.2, 0.25) is 5.91 Å². The van der Waals surface area contributed by atoms with Gasteiger partial charge in [-0.3, -0.25) is 4.79 Å². The number of piperidine rings is 1. The number of aromatic nitrogens is 2. The van der Waals surface area contributed by atoms with Crippen LogP contribution in [0.3, 0.4) is 0 Å². The van der Waals surface area contributed by atoms with Gasteiger partial charge in [0.25, 0.3) is 0 Å². The molecule has 3 aromatic rings. The minimum absolute atomic E-state index is 0.0948. The molecule has 2 aromatic heterocycles. The Bertz CT molecular complexity index is 1050. The normalized spacial score (nSPS) is 18.9. The molecule has 29 heavy (non-hydrogen) atoms. The molecule has 5 nitrogen and oxygen atoms in total. The van der Waals surface area contributed by atoms with Crippen LogP contribution in [-0.4, -0.2) is 29.0 Å². The van der Waals surface area contributed by atoms with Gasteiger partial charge in [0, 0.05) is 22.9 Å².